The number of hydrogen-bond acceptors (Lipinski definition) is 4. The van der Waals surface area contributed by atoms with E-state index in [2.05, 4.69) is 5.32 Å². The summed E-state index contributed by atoms with van der Waals surface area (Å²) in [5, 5.41) is 2.76. The molecule has 0 aliphatic heterocycles. The molecule has 1 N–H and O–H groups in total. The topological polar surface area (TPSA) is 86.8 Å². The van der Waals surface area contributed by atoms with Crippen LogP contribution in [0.2, 0.25) is 0 Å². The number of sulfonamides is 1. The van der Waals surface area contributed by atoms with E-state index in [9.17, 15) is 22.4 Å². The molecule has 0 aliphatic rings. The van der Waals surface area contributed by atoms with Crippen molar-refractivity contribution in [2.75, 3.05) is 23.7 Å². The highest BCUT2D eigenvalue weighted by molar-refractivity contribution is 7.92. The summed E-state index contributed by atoms with van der Waals surface area (Å²) in [5.41, 5.74) is 1.35. The number of nitrogens with zero attached hydrogens (tertiary/aromatic N) is 2. The quantitative estimate of drug-likeness (QED) is 0.428. The van der Waals surface area contributed by atoms with Crippen molar-refractivity contribution in [1.29, 1.82) is 0 Å². The third kappa shape index (κ3) is 7.14. The van der Waals surface area contributed by atoms with Crippen LogP contribution in [0.1, 0.15) is 18.1 Å². The van der Waals surface area contributed by atoms with Crippen LogP contribution in [0.4, 0.5) is 10.1 Å². The molecule has 0 spiro atoms. The average Bonchev–Trinajstić information content (AvgIpc) is 2.86. The zero-order valence-corrected chi connectivity index (χ0v) is 21.1. The number of rotatable bonds is 11. The van der Waals surface area contributed by atoms with Crippen LogP contribution >= 0.6 is 0 Å². The molecule has 0 saturated carbocycles. The lowest BCUT2D eigenvalue weighted by molar-refractivity contribution is -0.140. The lowest BCUT2D eigenvalue weighted by Crippen LogP contribution is -2.53. The Bertz CT molecular complexity index is 1270. The predicted molar refractivity (Wildman–Crippen MR) is 138 cm³/mol. The Morgan fingerprint density at radius 1 is 0.917 bits per heavy atom. The van der Waals surface area contributed by atoms with E-state index in [-0.39, 0.29) is 18.5 Å². The number of benzene rings is 3. The van der Waals surface area contributed by atoms with Crippen LogP contribution in [0.3, 0.4) is 0 Å². The third-order valence-corrected chi connectivity index (χ3v) is 6.78. The van der Waals surface area contributed by atoms with Gasteiger partial charge >= 0.3 is 0 Å². The minimum Gasteiger partial charge on any atom is -0.355 e. The van der Waals surface area contributed by atoms with Crippen molar-refractivity contribution in [3.05, 3.63) is 102 Å². The van der Waals surface area contributed by atoms with Gasteiger partial charge in [0.1, 0.15) is 18.4 Å². The third-order valence-electron chi connectivity index (χ3n) is 5.64. The van der Waals surface area contributed by atoms with Crippen molar-refractivity contribution >= 4 is 27.5 Å². The molecule has 1 atom stereocenters. The smallest absolute Gasteiger partial charge is 0.244 e. The number of halogens is 1. The highest BCUT2D eigenvalue weighted by Gasteiger charge is 2.33. The second kappa shape index (κ2) is 12.3. The number of carbonyl (C=O) groups is 2. The molecule has 0 heterocycles. The van der Waals surface area contributed by atoms with Crippen molar-refractivity contribution in [1.82, 2.24) is 10.2 Å². The van der Waals surface area contributed by atoms with Gasteiger partial charge < -0.3 is 10.2 Å². The first kappa shape index (κ1) is 26.9. The Labute approximate surface area is 211 Å². The molecule has 0 bridgehead atoms. The van der Waals surface area contributed by atoms with Crippen LogP contribution in [-0.4, -0.2) is 50.5 Å². The van der Waals surface area contributed by atoms with Gasteiger partial charge in [0.05, 0.1) is 11.9 Å². The number of amides is 2. The predicted octanol–water partition coefficient (Wildman–Crippen LogP) is 3.37. The fourth-order valence-electron chi connectivity index (χ4n) is 3.86. The van der Waals surface area contributed by atoms with E-state index in [1.807, 2.05) is 30.3 Å². The van der Waals surface area contributed by atoms with Crippen LogP contribution < -0.4 is 9.62 Å². The Morgan fingerprint density at radius 2 is 1.50 bits per heavy atom. The lowest BCUT2D eigenvalue weighted by Gasteiger charge is -2.33. The number of carbonyl (C=O) groups excluding carboxylic acids is 2. The molecule has 0 radical (unpaired) electrons. The number of hydrogen-bond donors (Lipinski definition) is 1. The van der Waals surface area contributed by atoms with E-state index in [4.69, 9.17) is 0 Å². The van der Waals surface area contributed by atoms with Crippen LogP contribution in [0.25, 0.3) is 0 Å². The minimum atomic E-state index is -3.83. The zero-order valence-electron chi connectivity index (χ0n) is 20.3. The van der Waals surface area contributed by atoms with Gasteiger partial charge in [-0.15, -0.1) is 0 Å². The summed E-state index contributed by atoms with van der Waals surface area (Å²) in [5.74, 6) is -1.55. The Kier molecular flexibility index (Phi) is 9.19. The molecule has 3 aromatic rings. The molecule has 1 unspecified atom stereocenters. The molecular formula is C27H30FN3O4S. The summed E-state index contributed by atoms with van der Waals surface area (Å²) in [6, 6.07) is 22.4. The van der Waals surface area contributed by atoms with Gasteiger partial charge in [0.2, 0.25) is 21.8 Å². The van der Waals surface area contributed by atoms with Crippen molar-refractivity contribution in [3.63, 3.8) is 0 Å². The van der Waals surface area contributed by atoms with Gasteiger partial charge in [0.15, 0.2) is 0 Å². The Morgan fingerprint density at radius 3 is 2.08 bits per heavy atom. The van der Waals surface area contributed by atoms with E-state index >= 15 is 0 Å². The summed E-state index contributed by atoms with van der Waals surface area (Å²) < 4.78 is 40.8. The summed E-state index contributed by atoms with van der Waals surface area (Å²) in [4.78, 5) is 28.2. The molecule has 0 aliphatic carbocycles. The van der Waals surface area contributed by atoms with Gasteiger partial charge in [0, 0.05) is 25.1 Å². The van der Waals surface area contributed by atoms with Crippen LogP contribution in [0.5, 0.6) is 0 Å². The van der Waals surface area contributed by atoms with Gasteiger partial charge in [-0.2, -0.15) is 0 Å². The molecule has 3 rings (SSSR count). The Hall–Kier alpha value is -3.72. The molecule has 0 saturated heterocycles. The zero-order chi connectivity index (χ0) is 26.1. The molecular weight excluding hydrogens is 481 g/mol. The molecule has 0 aromatic heterocycles. The monoisotopic (exact) mass is 511 g/mol. The SMILES string of the molecule is CCNC(=O)C(Cc1ccccc1)N(Cc1ccccc1F)C(=O)CN(c1ccccc1)S(C)(=O)=O. The largest absolute Gasteiger partial charge is 0.355 e. The molecule has 190 valence electrons. The first-order valence-electron chi connectivity index (χ1n) is 11.6. The number of nitrogens with one attached hydrogen (secondary N) is 1. The summed E-state index contributed by atoms with van der Waals surface area (Å²) in [7, 11) is -3.83. The average molecular weight is 512 g/mol. The van der Waals surface area contributed by atoms with E-state index in [0.717, 1.165) is 16.1 Å². The van der Waals surface area contributed by atoms with E-state index in [1.54, 1.807) is 49.4 Å². The summed E-state index contributed by atoms with van der Waals surface area (Å²) >= 11 is 0. The van der Waals surface area contributed by atoms with Gasteiger partial charge in [-0.3, -0.25) is 13.9 Å². The van der Waals surface area contributed by atoms with Gasteiger partial charge in [-0.1, -0.05) is 66.7 Å². The highest BCUT2D eigenvalue weighted by atomic mass is 32.2. The number of anilines is 1. The van der Waals surface area contributed by atoms with Crippen molar-refractivity contribution < 1.29 is 22.4 Å². The fraction of sp³-hybridized carbons (Fsp3) is 0.259. The second-order valence-electron chi connectivity index (χ2n) is 8.32. The normalized spacial score (nSPS) is 12.0. The van der Waals surface area contributed by atoms with Crippen LogP contribution in [-0.2, 0) is 32.6 Å². The summed E-state index contributed by atoms with van der Waals surface area (Å²) in [6.45, 7) is 1.36. The fourth-order valence-corrected chi connectivity index (χ4v) is 4.71. The van der Waals surface area contributed by atoms with Crippen molar-refractivity contribution in [2.24, 2.45) is 0 Å². The highest BCUT2D eigenvalue weighted by Crippen LogP contribution is 2.20. The van der Waals surface area contributed by atoms with Crippen LogP contribution in [0.15, 0.2) is 84.9 Å². The van der Waals surface area contributed by atoms with Gasteiger partial charge in [-0.05, 0) is 30.7 Å². The molecule has 3 aromatic carbocycles. The van der Waals surface area contributed by atoms with Gasteiger partial charge in [-0.25, -0.2) is 12.8 Å². The van der Waals surface area contributed by atoms with Crippen molar-refractivity contribution in [2.45, 2.75) is 25.9 Å². The number of likely N-dealkylation sites (N-methyl/N-ethyl adjacent to an activating group) is 1. The first-order chi connectivity index (χ1) is 17.2. The molecule has 2 amide bonds. The van der Waals surface area contributed by atoms with E-state index in [0.29, 0.717) is 12.2 Å². The molecule has 36 heavy (non-hydrogen) atoms. The molecule has 9 heteroatoms. The maximum atomic E-state index is 14.6. The number of para-hydroxylation sites is 1. The van der Waals surface area contributed by atoms with Crippen LogP contribution in [0, 0.1) is 5.82 Å². The maximum Gasteiger partial charge on any atom is 0.244 e. The summed E-state index contributed by atoms with van der Waals surface area (Å²) in [6.07, 6.45) is 1.19. The minimum absolute atomic E-state index is 0.178. The second-order valence-corrected chi connectivity index (χ2v) is 10.2. The van der Waals surface area contributed by atoms with E-state index < -0.39 is 40.2 Å². The van der Waals surface area contributed by atoms with Gasteiger partial charge in [0.25, 0.3) is 0 Å². The standard InChI is InChI=1S/C27H30FN3O4S/c1-3-29-27(33)25(18-21-12-6-4-7-13-21)30(19-22-14-10-11-17-24(22)28)26(32)20-31(36(2,34)35)23-15-8-5-9-16-23/h4-17,25H,3,18-20H2,1-2H3,(H,29,33). The molecule has 0 fully saturated rings. The lowest BCUT2D eigenvalue weighted by atomic mass is 10.0. The maximum absolute atomic E-state index is 14.6. The van der Waals surface area contributed by atoms with E-state index in [1.165, 1.54) is 17.0 Å². The first-order valence-corrected chi connectivity index (χ1v) is 13.4. The Balaban J connectivity index is 2.03. The van der Waals surface area contributed by atoms with Crippen molar-refractivity contribution in [3.8, 4) is 0 Å². The molecule has 7 nitrogen and oxygen atoms in total.